The second kappa shape index (κ2) is 6.98. The number of carboxylic acids is 1. The molecule has 0 aromatic carbocycles. The zero-order valence-corrected chi connectivity index (χ0v) is 10.6. The maximum atomic E-state index is 11.9. The smallest absolute Gasteiger partial charge is 0.303 e. The summed E-state index contributed by atoms with van der Waals surface area (Å²) in [5.41, 5.74) is 0. The number of aliphatic carboxylic acids is 1. The van der Waals surface area contributed by atoms with Crippen LogP contribution in [0.1, 0.15) is 39.0 Å². The summed E-state index contributed by atoms with van der Waals surface area (Å²) >= 11 is 0. The van der Waals surface area contributed by atoms with Gasteiger partial charge in [-0.05, 0) is 25.7 Å². The van der Waals surface area contributed by atoms with Crippen molar-refractivity contribution in [2.75, 3.05) is 13.1 Å². The van der Waals surface area contributed by atoms with Crippen LogP contribution in [-0.4, -0.2) is 46.9 Å². The highest BCUT2D eigenvalue weighted by Crippen LogP contribution is 2.20. The third-order valence-electron chi connectivity index (χ3n) is 3.13. The first-order chi connectivity index (χ1) is 8.50. The molecule has 1 aliphatic heterocycles. The molecule has 1 atom stereocenters. The van der Waals surface area contributed by atoms with Crippen molar-refractivity contribution in [3.8, 4) is 0 Å². The Labute approximate surface area is 106 Å². The molecular weight excluding hydrogens is 236 g/mol. The lowest BCUT2D eigenvalue weighted by atomic mass is 9.98. The van der Waals surface area contributed by atoms with E-state index in [0.29, 0.717) is 13.0 Å². The number of piperidine rings is 1. The van der Waals surface area contributed by atoms with Gasteiger partial charge in [-0.1, -0.05) is 0 Å². The molecule has 6 heteroatoms. The van der Waals surface area contributed by atoms with Gasteiger partial charge in [0.2, 0.25) is 11.8 Å². The van der Waals surface area contributed by atoms with Crippen LogP contribution in [0.2, 0.25) is 0 Å². The second-order valence-corrected chi connectivity index (χ2v) is 4.58. The van der Waals surface area contributed by atoms with Gasteiger partial charge in [0.1, 0.15) is 0 Å². The van der Waals surface area contributed by atoms with Crippen molar-refractivity contribution < 1.29 is 19.5 Å². The van der Waals surface area contributed by atoms with Crippen molar-refractivity contribution in [2.24, 2.45) is 0 Å². The zero-order chi connectivity index (χ0) is 13.5. The molecular formula is C12H20N2O4. The molecule has 0 radical (unpaired) electrons. The van der Waals surface area contributed by atoms with Gasteiger partial charge < -0.3 is 15.3 Å². The molecule has 6 nitrogen and oxygen atoms in total. The van der Waals surface area contributed by atoms with Crippen molar-refractivity contribution in [1.82, 2.24) is 10.2 Å². The van der Waals surface area contributed by atoms with Crippen molar-refractivity contribution in [1.29, 1.82) is 0 Å². The fourth-order valence-corrected chi connectivity index (χ4v) is 2.22. The van der Waals surface area contributed by atoms with E-state index in [1.54, 1.807) is 4.90 Å². The molecule has 0 aromatic rings. The van der Waals surface area contributed by atoms with Crippen molar-refractivity contribution >= 4 is 17.8 Å². The van der Waals surface area contributed by atoms with Gasteiger partial charge in [0.25, 0.3) is 0 Å². The lowest BCUT2D eigenvalue weighted by Crippen LogP contribution is -2.47. The van der Waals surface area contributed by atoms with E-state index in [2.05, 4.69) is 5.32 Å². The molecule has 0 saturated carbocycles. The average Bonchev–Trinajstić information content (AvgIpc) is 2.33. The summed E-state index contributed by atoms with van der Waals surface area (Å²) in [6.45, 7) is 2.02. The van der Waals surface area contributed by atoms with Crippen LogP contribution >= 0.6 is 0 Å². The first-order valence-electron chi connectivity index (χ1n) is 6.26. The summed E-state index contributed by atoms with van der Waals surface area (Å²) < 4.78 is 0. The quantitative estimate of drug-likeness (QED) is 0.744. The van der Waals surface area contributed by atoms with Gasteiger partial charge in [-0.2, -0.15) is 0 Å². The monoisotopic (exact) mass is 256 g/mol. The average molecular weight is 256 g/mol. The third-order valence-corrected chi connectivity index (χ3v) is 3.13. The summed E-state index contributed by atoms with van der Waals surface area (Å²) in [6.07, 6.45) is 3.37. The highest BCUT2D eigenvalue weighted by Gasteiger charge is 2.26. The standard InChI is InChI=1S/C12H20N2O4/c1-9(15)13-8-11(16)14-7-3-2-4-10(14)5-6-12(17)18/h10H,2-8H2,1H3,(H,13,15)(H,17,18). The zero-order valence-electron chi connectivity index (χ0n) is 10.6. The van der Waals surface area contributed by atoms with Crippen LogP contribution in [0.5, 0.6) is 0 Å². The van der Waals surface area contributed by atoms with Gasteiger partial charge in [-0.3, -0.25) is 14.4 Å². The predicted octanol–water partition coefficient (Wildman–Crippen LogP) is 0.368. The van der Waals surface area contributed by atoms with Crippen molar-refractivity contribution in [3.63, 3.8) is 0 Å². The first kappa shape index (κ1) is 14.5. The van der Waals surface area contributed by atoms with Gasteiger partial charge in [0, 0.05) is 25.9 Å². The Morgan fingerprint density at radius 3 is 2.67 bits per heavy atom. The number of likely N-dealkylation sites (tertiary alicyclic amines) is 1. The fourth-order valence-electron chi connectivity index (χ4n) is 2.22. The highest BCUT2D eigenvalue weighted by atomic mass is 16.4. The van der Waals surface area contributed by atoms with Gasteiger partial charge in [0.05, 0.1) is 6.54 Å². The summed E-state index contributed by atoms with van der Waals surface area (Å²) in [6, 6.07) is -0.00360. The minimum Gasteiger partial charge on any atom is -0.481 e. The maximum absolute atomic E-state index is 11.9. The number of amides is 2. The number of carboxylic acid groups (broad SMARTS) is 1. The van der Waals surface area contributed by atoms with E-state index in [4.69, 9.17) is 5.11 Å². The minimum absolute atomic E-state index is 0.00109. The Morgan fingerprint density at radius 1 is 1.33 bits per heavy atom. The molecule has 2 N–H and O–H groups in total. The number of nitrogens with one attached hydrogen (secondary N) is 1. The number of hydrogen-bond acceptors (Lipinski definition) is 3. The van der Waals surface area contributed by atoms with Crippen LogP contribution in [0, 0.1) is 0 Å². The minimum atomic E-state index is -0.838. The Bertz CT molecular complexity index is 330. The maximum Gasteiger partial charge on any atom is 0.303 e. The highest BCUT2D eigenvalue weighted by molar-refractivity contribution is 5.84. The number of carbonyl (C=O) groups excluding carboxylic acids is 2. The first-order valence-corrected chi connectivity index (χ1v) is 6.26. The van der Waals surface area contributed by atoms with Gasteiger partial charge >= 0.3 is 5.97 Å². The van der Waals surface area contributed by atoms with E-state index in [9.17, 15) is 14.4 Å². The third kappa shape index (κ3) is 4.73. The second-order valence-electron chi connectivity index (χ2n) is 4.58. The molecule has 102 valence electrons. The predicted molar refractivity (Wildman–Crippen MR) is 64.9 cm³/mol. The largest absolute Gasteiger partial charge is 0.481 e. The summed E-state index contributed by atoms with van der Waals surface area (Å²) in [5.74, 6) is -1.20. The van der Waals surface area contributed by atoms with E-state index in [0.717, 1.165) is 19.3 Å². The normalized spacial score (nSPS) is 19.4. The number of rotatable bonds is 5. The van der Waals surface area contributed by atoms with Crippen LogP contribution in [0.25, 0.3) is 0 Å². The van der Waals surface area contributed by atoms with Crippen LogP contribution in [0.4, 0.5) is 0 Å². The molecule has 0 bridgehead atoms. The summed E-state index contributed by atoms with van der Waals surface area (Å²) in [5, 5.41) is 11.2. The fraction of sp³-hybridized carbons (Fsp3) is 0.750. The van der Waals surface area contributed by atoms with Crippen LogP contribution in [0.15, 0.2) is 0 Å². The van der Waals surface area contributed by atoms with Crippen LogP contribution < -0.4 is 5.32 Å². The molecule has 1 heterocycles. The lowest BCUT2D eigenvalue weighted by molar-refractivity contribution is -0.140. The number of nitrogens with zero attached hydrogens (tertiary/aromatic N) is 1. The SMILES string of the molecule is CC(=O)NCC(=O)N1CCCCC1CCC(=O)O. The van der Waals surface area contributed by atoms with Crippen molar-refractivity contribution in [3.05, 3.63) is 0 Å². The molecule has 0 aromatic heterocycles. The summed E-state index contributed by atoms with van der Waals surface area (Å²) in [4.78, 5) is 35.0. The summed E-state index contributed by atoms with van der Waals surface area (Å²) in [7, 11) is 0. The van der Waals surface area contributed by atoms with E-state index in [1.807, 2.05) is 0 Å². The van der Waals surface area contributed by atoms with Crippen LogP contribution in [-0.2, 0) is 14.4 Å². The van der Waals surface area contributed by atoms with Gasteiger partial charge in [-0.25, -0.2) is 0 Å². The molecule has 1 fully saturated rings. The van der Waals surface area contributed by atoms with E-state index >= 15 is 0 Å². The molecule has 2 amide bonds. The molecule has 1 unspecified atom stereocenters. The number of carbonyl (C=O) groups is 3. The Hall–Kier alpha value is -1.59. The molecule has 1 rings (SSSR count). The van der Waals surface area contributed by atoms with Gasteiger partial charge in [0.15, 0.2) is 0 Å². The van der Waals surface area contributed by atoms with Crippen molar-refractivity contribution in [2.45, 2.75) is 45.1 Å². The molecule has 18 heavy (non-hydrogen) atoms. The van der Waals surface area contributed by atoms with Crippen LogP contribution in [0.3, 0.4) is 0 Å². The topological polar surface area (TPSA) is 86.7 Å². The Balaban J connectivity index is 2.49. The Kier molecular flexibility index (Phi) is 5.61. The molecule has 1 aliphatic rings. The van der Waals surface area contributed by atoms with E-state index < -0.39 is 5.97 Å². The lowest BCUT2D eigenvalue weighted by Gasteiger charge is -2.35. The Morgan fingerprint density at radius 2 is 2.06 bits per heavy atom. The number of hydrogen-bond donors (Lipinski definition) is 2. The molecule has 0 aliphatic carbocycles. The molecule has 0 spiro atoms. The van der Waals surface area contributed by atoms with Gasteiger partial charge in [-0.15, -0.1) is 0 Å². The van der Waals surface area contributed by atoms with E-state index in [-0.39, 0.29) is 30.8 Å². The molecule has 1 saturated heterocycles. The van der Waals surface area contributed by atoms with E-state index in [1.165, 1.54) is 6.92 Å².